The van der Waals surface area contributed by atoms with Crippen molar-refractivity contribution >= 4 is 16.9 Å². The number of H-pyrrole nitrogens is 1. The van der Waals surface area contributed by atoms with Crippen LogP contribution in [0.2, 0.25) is 0 Å². The Labute approximate surface area is 146 Å². The maximum atomic E-state index is 12.3. The molecular weight excluding hydrogens is 349 g/mol. The van der Waals surface area contributed by atoms with Crippen LogP contribution in [0.4, 0.5) is 13.2 Å². The Morgan fingerprint density at radius 2 is 1.88 bits per heavy atom. The molecule has 0 aliphatic heterocycles. The van der Waals surface area contributed by atoms with E-state index < -0.39 is 12.3 Å². The molecule has 1 amide bonds. The predicted octanol–water partition coefficient (Wildman–Crippen LogP) is 3.35. The van der Waals surface area contributed by atoms with Crippen LogP contribution in [0.5, 0.6) is 5.75 Å². The number of hydrogen-bond acceptors (Lipinski definition) is 4. The summed E-state index contributed by atoms with van der Waals surface area (Å²) < 4.78 is 40.3. The number of nitrogens with one attached hydrogen (secondary N) is 2. The summed E-state index contributed by atoms with van der Waals surface area (Å²) in [5, 5.41) is 13.4. The zero-order valence-electron chi connectivity index (χ0n) is 13.7. The Hall–Kier alpha value is -3.10. The van der Waals surface area contributed by atoms with Crippen molar-refractivity contribution in [3.63, 3.8) is 0 Å². The van der Waals surface area contributed by atoms with Gasteiger partial charge in [-0.3, -0.25) is 4.79 Å². The molecule has 1 aromatic heterocycles. The molecule has 3 aromatic rings. The predicted molar refractivity (Wildman–Crippen MR) is 87.6 cm³/mol. The zero-order valence-corrected chi connectivity index (χ0v) is 13.7. The molecule has 0 saturated heterocycles. The van der Waals surface area contributed by atoms with Crippen LogP contribution >= 0.6 is 0 Å². The molecule has 0 aliphatic carbocycles. The standard InChI is InChI=1S/C17H15F3N4O2/c1-2-10-5-8-14-15(23-24-22-14)13(10)9-21-16(25)11-3-6-12(7-4-11)26-17(18,19)20/h3-8H,2,9H2,1H3,(H,21,25)(H,22,23,24). The first kappa shape index (κ1) is 17.7. The lowest BCUT2D eigenvalue weighted by molar-refractivity contribution is -0.274. The summed E-state index contributed by atoms with van der Waals surface area (Å²) in [5.74, 6) is -0.791. The molecule has 2 N–H and O–H groups in total. The van der Waals surface area contributed by atoms with E-state index in [-0.39, 0.29) is 17.9 Å². The molecule has 0 fully saturated rings. The van der Waals surface area contributed by atoms with Gasteiger partial charge in [-0.2, -0.15) is 15.4 Å². The Morgan fingerprint density at radius 3 is 2.54 bits per heavy atom. The molecule has 0 unspecified atom stereocenters. The van der Waals surface area contributed by atoms with E-state index in [2.05, 4.69) is 25.5 Å². The van der Waals surface area contributed by atoms with Crippen LogP contribution in [-0.4, -0.2) is 27.7 Å². The minimum Gasteiger partial charge on any atom is -0.406 e. The first-order chi connectivity index (χ1) is 12.4. The molecular formula is C17H15F3N4O2. The van der Waals surface area contributed by atoms with E-state index in [1.165, 1.54) is 12.1 Å². The number of carbonyl (C=O) groups excluding carboxylic acids is 1. The van der Waals surface area contributed by atoms with Gasteiger partial charge in [0.15, 0.2) is 0 Å². The van der Waals surface area contributed by atoms with Gasteiger partial charge in [0.05, 0.1) is 0 Å². The van der Waals surface area contributed by atoms with Gasteiger partial charge in [0, 0.05) is 17.7 Å². The van der Waals surface area contributed by atoms with Crippen molar-refractivity contribution in [1.29, 1.82) is 0 Å². The highest BCUT2D eigenvalue weighted by molar-refractivity contribution is 5.94. The second-order valence-electron chi connectivity index (χ2n) is 5.50. The Kier molecular flexibility index (Phi) is 4.79. The summed E-state index contributed by atoms with van der Waals surface area (Å²) in [5.41, 5.74) is 3.48. The van der Waals surface area contributed by atoms with Crippen molar-refractivity contribution < 1.29 is 22.7 Å². The molecule has 0 radical (unpaired) electrons. The number of amides is 1. The summed E-state index contributed by atoms with van der Waals surface area (Å²) in [4.78, 5) is 12.3. The fourth-order valence-electron chi connectivity index (χ4n) is 2.62. The van der Waals surface area contributed by atoms with Gasteiger partial charge in [-0.1, -0.05) is 13.0 Å². The van der Waals surface area contributed by atoms with Crippen LogP contribution in [0, 0.1) is 0 Å². The van der Waals surface area contributed by atoms with Crippen molar-refractivity contribution in [3.05, 3.63) is 53.1 Å². The summed E-state index contributed by atoms with van der Waals surface area (Å²) in [6, 6.07) is 8.51. The van der Waals surface area contributed by atoms with Gasteiger partial charge in [-0.05, 0) is 42.3 Å². The topological polar surface area (TPSA) is 79.9 Å². The number of hydrogen-bond donors (Lipinski definition) is 2. The van der Waals surface area contributed by atoms with E-state index in [0.717, 1.165) is 29.7 Å². The number of aromatic amines is 1. The number of alkyl halides is 3. The van der Waals surface area contributed by atoms with E-state index in [1.54, 1.807) is 0 Å². The second kappa shape index (κ2) is 7.03. The van der Waals surface area contributed by atoms with Gasteiger partial charge < -0.3 is 10.1 Å². The Balaban J connectivity index is 1.72. The van der Waals surface area contributed by atoms with Crippen LogP contribution in [0.1, 0.15) is 28.4 Å². The van der Waals surface area contributed by atoms with Crippen LogP contribution in [0.3, 0.4) is 0 Å². The van der Waals surface area contributed by atoms with Gasteiger partial charge in [0.25, 0.3) is 5.91 Å². The van der Waals surface area contributed by atoms with Gasteiger partial charge in [0.1, 0.15) is 16.8 Å². The third kappa shape index (κ3) is 3.93. The first-order valence-electron chi connectivity index (χ1n) is 7.82. The summed E-state index contributed by atoms with van der Waals surface area (Å²) in [7, 11) is 0. The molecule has 1 heterocycles. The van der Waals surface area contributed by atoms with E-state index >= 15 is 0 Å². The third-order valence-corrected chi connectivity index (χ3v) is 3.85. The van der Waals surface area contributed by atoms with Crippen molar-refractivity contribution in [1.82, 2.24) is 20.7 Å². The highest BCUT2D eigenvalue weighted by atomic mass is 19.4. The van der Waals surface area contributed by atoms with E-state index in [0.29, 0.717) is 11.0 Å². The summed E-state index contributed by atoms with van der Waals surface area (Å²) >= 11 is 0. The van der Waals surface area contributed by atoms with E-state index in [4.69, 9.17) is 0 Å². The molecule has 26 heavy (non-hydrogen) atoms. The smallest absolute Gasteiger partial charge is 0.406 e. The number of nitrogens with zero attached hydrogens (tertiary/aromatic N) is 2. The molecule has 0 bridgehead atoms. The molecule has 2 aromatic carbocycles. The minimum atomic E-state index is -4.77. The normalized spacial score (nSPS) is 11.5. The average Bonchev–Trinajstić information content (AvgIpc) is 3.07. The van der Waals surface area contributed by atoms with Crippen LogP contribution in [-0.2, 0) is 13.0 Å². The quantitative estimate of drug-likeness (QED) is 0.728. The highest BCUT2D eigenvalue weighted by Gasteiger charge is 2.31. The molecule has 9 heteroatoms. The number of aryl methyl sites for hydroxylation is 1. The van der Waals surface area contributed by atoms with Crippen molar-refractivity contribution in [2.45, 2.75) is 26.3 Å². The van der Waals surface area contributed by atoms with E-state index in [1.807, 2.05) is 19.1 Å². The number of fused-ring (bicyclic) bond motifs is 1. The lowest BCUT2D eigenvalue weighted by atomic mass is 10.0. The number of ether oxygens (including phenoxy) is 1. The zero-order chi connectivity index (χ0) is 18.7. The fourth-order valence-corrected chi connectivity index (χ4v) is 2.62. The lowest BCUT2D eigenvalue weighted by Crippen LogP contribution is -2.23. The van der Waals surface area contributed by atoms with Gasteiger partial charge in [0.2, 0.25) is 0 Å². The molecule has 0 atom stereocenters. The van der Waals surface area contributed by atoms with Gasteiger partial charge in [-0.15, -0.1) is 13.2 Å². The molecule has 3 rings (SSSR count). The van der Waals surface area contributed by atoms with Gasteiger partial charge in [-0.25, -0.2) is 0 Å². The number of halogens is 3. The second-order valence-corrected chi connectivity index (χ2v) is 5.50. The summed E-state index contributed by atoms with van der Waals surface area (Å²) in [6.45, 7) is 2.22. The number of aromatic nitrogens is 3. The van der Waals surface area contributed by atoms with Gasteiger partial charge >= 0.3 is 6.36 Å². The number of benzene rings is 2. The largest absolute Gasteiger partial charge is 0.573 e. The van der Waals surface area contributed by atoms with Crippen LogP contribution < -0.4 is 10.1 Å². The SMILES string of the molecule is CCc1ccc2n[nH]nc2c1CNC(=O)c1ccc(OC(F)(F)F)cc1. The molecule has 0 aliphatic rings. The maximum absolute atomic E-state index is 12.3. The average molecular weight is 364 g/mol. The minimum absolute atomic E-state index is 0.227. The fraction of sp³-hybridized carbons (Fsp3) is 0.235. The molecule has 0 saturated carbocycles. The van der Waals surface area contributed by atoms with Crippen LogP contribution in [0.15, 0.2) is 36.4 Å². The Morgan fingerprint density at radius 1 is 1.15 bits per heavy atom. The first-order valence-corrected chi connectivity index (χ1v) is 7.82. The van der Waals surface area contributed by atoms with Crippen molar-refractivity contribution in [2.24, 2.45) is 0 Å². The number of carbonyl (C=O) groups is 1. The molecule has 6 nitrogen and oxygen atoms in total. The van der Waals surface area contributed by atoms with Crippen LogP contribution in [0.25, 0.3) is 11.0 Å². The van der Waals surface area contributed by atoms with Crippen molar-refractivity contribution in [3.8, 4) is 5.75 Å². The maximum Gasteiger partial charge on any atom is 0.573 e. The van der Waals surface area contributed by atoms with Crippen molar-refractivity contribution in [2.75, 3.05) is 0 Å². The summed E-state index contributed by atoms with van der Waals surface area (Å²) in [6.07, 6.45) is -4.01. The highest BCUT2D eigenvalue weighted by Crippen LogP contribution is 2.23. The lowest BCUT2D eigenvalue weighted by Gasteiger charge is -2.11. The molecule has 0 spiro atoms. The third-order valence-electron chi connectivity index (χ3n) is 3.85. The van der Waals surface area contributed by atoms with E-state index in [9.17, 15) is 18.0 Å². The number of rotatable bonds is 5. The molecule has 136 valence electrons. The monoisotopic (exact) mass is 364 g/mol. The Bertz CT molecular complexity index is 920.